The molecule has 3 aromatic rings. The lowest BCUT2D eigenvalue weighted by atomic mass is 10.2. The lowest BCUT2D eigenvalue weighted by molar-refractivity contribution is 1.47. The van der Waals surface area contributed by atoms with Crippen molar-refractivity contribution < 1.29 is 0 Å². The molecule has 1 heteroatoms. The predicted octanol–water partition coefficient (Wildman–Crippen LogP) is 4.28. The third-order valence-corrected chi connectivity index (χ3v) is 5.69. The first-order valence-corrected chi connectivity index (χ1v) is 8.55. The highest BCUT2D eigenvalue weighted by molar-refractivity contribution is 7.72. The number of aryl methyl sites for hydroxylation is 1. The molecule has 0 atom stereocenters. The first-order valence-electron chi connectivity index (χ1n) is 7.14. The van der Waals surface area contributed by atoms with E-state index in [1.165, 1.54) is 21.7 Å². The van der Waals surface area contributed by atoms with Crippen molar-refractivity contribution >= 4 is 24.0 Å². The van der Waals surface area contributed by atoms with E-state index < -0.39 is 7.55 Å². The third-order valence-electron chi connectivity index (χ3n) is 3.42. The van der Waals surface area contributed by atoms with Crippen molar-refractivity contribution in [3.63, 3.8) is 0 Å². The molecule has 0 saturated heterocycles. The van der Waals surface area contributed by atoms with Gasteiger partial charge in [-0.15, -0.1) is 0 Å². The van der Waals surface area contributed by atoms with Gasteiger partial charge in [-0.1, -0.05) is 66.2 Å². The molecule has 0 aliphatic carbocycles. The van der Waals surface area contributed by atoms with E-state index in [1.54, 1.807) is 0 Å². The summed E-state index contributed by atoms with van der Waals surface area (Å²) in [5.41, 5.74) is 2.59. The molecule has 0 saturated carbocycles. The van der Waals surface area contributed by atoms with Crippen molar-refractivity contribution in [1.82, 2.24) is 0 Å². The van der Waals surface area contributed by atoms with Crippen LogP contribution in [0.3, 0.4) is 0 Å². The van der Waals surface area contributed by atoms with E-state index >= 15 is 0 Å². The van der Waals surface area contributed by atoms with Crippen molar-refractivity contribution in [3.8, 4) is 0 Å². The van der Waals surface area contributed by atoms with Crippen LogP contribution in [0.4, 0.5) is 0 Å². The van der Waals surface area contributed by atoms with Crippen LogP contribution < -0.4 is 10.6 Å². The van der Waals surface area contributed by atoms with Gasteiger partial charge in [0.25, 0.3) is 0 Å². The van der Waals surface area contributed by atoms with Crippen molar-refractivity contribution in [2.24, 2.45) is 0 Å². The maximum absolute atomic E-state index is 2.40. The number of hydrogen-bond acceptors (Lipinski definition) is 0. The van der Waals surface area contributed by atoms with Crippen molar-refractivity contribution in [2.45, 2.75) is 6.92 Å². The highest BCUT2D eigenvalue weighted by Gasteiger charge is 2.17. The summed E-state index contributed by atoms with van der Waals surface area (Å²) in [7, 11) is -0.462. The molecule has 102 valence electrons. The maximum atomic E-state index is 2.40. The van der Waals surface area contributed by atoms with E-state index in [1.807, 2.05) is 0 Å². The largest absolute Gasteiger partial charge is 0.170 e. The van der Waals surface area contributed by atoms with E-state index in [0.717, 1.165) is 0 Å². The maximum Gasteiger partial charge on any atom is 0.170 e. The van der Waals surface area contributed by atoms with E-state index in [0.29, 0.717) is 0 Å². The SMILES string of the molecule is Cc1ccc(C=[P+](c2ccccc2)c2ccccc2)cc1. The number of hydrogen-bond donors (Lipinski definition) is 0. The van der Waals surface area contributed by atoms with Gasteiger partial charge in [-0.2, -0.15) is 0 Å². The molecule has 0 bridgehead atoms. The lowest BCUT2D eigenvalue weighted by Crippen LogP contribution is -2.08. The third kappa shape index (κ3) is 3.48. The molecule has 0 aliphatic heterocycles. The molecule has 0 spiro atoms. The van der Waals surface area contributed by atoms with E-state index in [9.17, 15) is 0 Å². The smallest absolute Gasteiger partial charge is 0.0619 e. The Morgan fingerprint density at radius 3 is 1.57 bits per heavy atom. The predicted molar refractivity (Wildman–Crippen MR) is 95.4 cm³/mol. The van der Waals surface area contributed by atoms with Crippen molar-refractivity contribution in [2.75, 3.05) is 0 Å². The minimum Gasteiger partial charge on any atom is -0.0619 e. The Kier molecular flexibility index (Phi) is 4.28. The summed E-state index contributed by atoms with van der Waals surface area (Å²) in [5, 5.41) is 2.78. The zero-order valence-electron chi connectivity index (χ0n) is 12.1. The molecule has 0 nitrogen and oxygen atoms in total. The summed E-state index contributed by atoms with van der Waals surface area (Å²) in [6.07, 6.45) is 0. The van der Waals surface area contributed by atoms with Gasteiger partial charge in [0, 0.05) is 5.56 Å². The van der Waals surface area contributed by atoms with Gasteiger partial charge >= 0.3 is 0 Å². The van der Waals surface area contributed by atoms with Crippen LogP contribution >= 0.6 is 7.55 Å². The van der Waals surface area contributed by atoms with Gasteiger partial charge in [0.15, 0.2) is 18.2 Å². The van der Waals surface area contributed by atoms with Gasteiger partial charge in [-0.25, -0.2) is 0 Å². The second-order valence-electron chi connectivity index (χ2n) is 5.08. The zero-order valence-corrected chi connectivity index (χ0v) is 13.0. The first kappa shape index (κ1) is 13.8. The first-order chi connectivity index (χ1) is 10.3. The van der Waals surface area contributed by atoms with Gasteiger partial charge < -0.3 is 0 Å². The van der Waals surface area contributed by atoms with Crippen LogP contribution in [0.15, 0.2) is 84.9 Å². The van der Waals surface area contributed by atoms with Crippen LogP contribution in [0, 0.1) is 6.92 Å². The van der Waals surface area contributed by atoms with Crippen LogP contribution in [0.2, 0.25) is 0 Å². The highest BCUT2D eigenvalue weighted by Crippen LogP contribution is 2.22. The van der Waals surface area contributed by atoms with Gasteiger partial charge in [0.1, 0.15) is 5.80 Å². The minimum atomic E-state index is -0.462. The Hall–Kier alpha value is -2.17. The Morgan fingerprint density at radius 1 is 0.619 bits per heavy atom. The number of rotatable bonds is 3. The van der Waals surface area contributed by atoms with Crippen LogP contribution in [-0.4, -0.2) is 5.80 Å². The van der Waals surface area contributed by atoms with Gasteiger partial charge in [-0.05, 0) is 31.2 Å². The van der Waals surface area contributed by atoms with E-state index in [-0.39, 0.29) is 0 Å². The molecular formula is C20H18P+. The fourth-order valence-electron chi connectivity index (χ4n) is 2.28. The molecule has 3 aromatic carbocycles. The average Bonchev–Trinajstić information content (AvgIpc) is 2.56. The fourth-order valence-corrected chi connectivity index (χ4v) is 4.33. The van der Waals surface area contributed by atoms with Crippen LogP contribution in [0.5, 0.6) is 0 Å². The molecule has 0 amide bonds. The van der Waals surface area contributed by atoms with Crippen LogP contribution in [0.1, 0.15) is 11.1 Å². The Bertz CT molecular complexity index is 684. The van der Waals surface area contributed by atoms with Gasteiger partial charge in [0.05, 0.1) is 0 Å². The molecule has 0 aromatic heterocycles. The summed E-state index contributed by atoms with van der Waals surface area (Å²) in [6.45, 7) is 2.13. The summed E-state index contributed by atoms with van der Waals surface area (Å²) in [6, 6.07) is 30.3. The fraction of sp³-hybridized carbons (Fsp3) is 0.0500. The topological polar surface area (TPSA) is 0 Å². The number of benzene rings is 3. The zero-order chi connectivity index (χ0) is 14.5. The second kappa shape index (κ2) is 6.52. The van der Waals surface area contributed by atoms with Crippen molar-refractivity contribution in [1.29, 1.82) is 0 Å². The quantitative estimate of drug-likeness (QED) is 0.631. The van der Waals surface area contributed by atoms with E-state index in [2.05, 4.69) is 97.6 Å². The van der Waals surface area contributed by atoms with Gasteiger partial charge in [0.2, 0.25) is 0 Å². The minimum absolute atomic E-state index is 0.462. The average molecular weight is 289 g/mol. The Balaban J connectivity index is 2.10. The van der Waals surface area contributed by atoms with Crippen molar-refractivity contribution in [3.05, 3.63) is 96.1 Å². The molecule has 3 rings (SSSR count). The lowest BCUT2D eigenvalue weighted by Gasteiger charge is -1.98. The van der Waals surface area contributed by atoms with Crippen LogP contribution in [0.25, 0.3) is 0 Å². The molecule has 0 radical (unpaired) electrons. The molecule has 0 heterocycles. The summed E-state index contributed by atoms with van der Waals surface area (Å²) >= 11 is 0. The second-order valence-corrected chi connectivity index (χ2v) is 7.11. The monoisotopic (exact) mass is 289 g/mol. The van der Waals surface area contributed by atoms with Gasteiger partial charge in [-0.3, -0.25) is 0 Å². The normalized spacial score (nSPS) is 10.1. The molecule has 0 aliphatic rings. The van der Waals surface area contributed by atoms with E-state index in [4.69, 9.17) is 0 Å². The summed E-state index contributed by atoms with van der Waals surface area (Å²) in [4.78, 5) is 0. The molecule has 0 fully saturated rings. The molecule has 21 heavy (non-hydrogen) atoms. The Morgan fingerprint density at radius 2 is 1.10 bits per heavy atom. The molecular weight excluding hydrogens is 271 g/mol. The standard InChI is InChI=1S/C20H18P/c1-17-12-14-18(15-13-17)16-21(19-8-4-2-5-9-19)20-10-6-3-7-11-20/h2-16H,1H3/q+1. The summed E-state index contributed by atoms with van der Waals surface area (Å²) < 4.78 is 0. The Labute approximate surface area is 127 Å². The molecule has 0 N–H and O–H groups in total. The highest BCUT2D eigenvalue weighted by atomic mass is 31.1. The van der Waals surface area contributed by atoms with Crippen LogP contribution in [-0.2, 0) is 0 Å². The summed E-state index contributed by atoms with van der Waals surface area (Å²) in [5.74, 6) is 2.40. The molecule has 0 unspecified atom stereocenters.